The molecule has 1 amide bonds. The van der Waals surface area contributed by atoms with E-state index in [1.807, 2.05) is 51.1 Å². The Morgan fingerprint density at radius 1 is 1.33 bits per heavy atom. The van der Waals surface area contributed by atoms with Gasteiger partial charge in [0.1, 0.15) is 0 Å². The lowest BCUT2D eigenvalue weighted by molar-refractivity contribution is -0.141. The van der Waals surface area contributed by atoms with Crippen molar-refractivity contribution in [3.63, 3.8) is 0 Å². The lowest BCUT2D eigenvalue weighted by Gasteiger charge is -2.41. The Hall–Kier alpha value is -1.69. The van der Waals surface area contributed by atoms with Crippen molar-refractivity contribution >= 4 is 19.5 Å². The van der Waals surface area contributed by atoms with Gasteiger partial charge in [0.25, 0.3) is 0 Å². The fraction of sp³-hybridized carbons (Fsp3) is 0.579. The van der Waals surface area contributed by atoms with Gasteiger partial charge in [-0.1, -0.05) is 51.1 Å². The van der Waals surface area contributed by atoms with E-state index >= 15 is 0 Å². The quantitative estimate of drug-likeness (QED) is 0.562. The van der Waals surface area contributed by atoms with Gasteiger partial charge in [-0.15, -0.1) is 0 Å². The molecule has 3 atom stereocenters. The molecule has 0 saturated carbocycles. The summed E-state index contributed by atoms with van der Waals surface area (Å²) in [5.41, 5.74) is 0.392. The van der Waals surface area contributed by atoms with Crippen LogP contribution in [-0.4, -0.2) is 44.4 Å². The monoisotopic (exact) mass is 397 g/mol. The topological polar surface area (TPSA) is 90.9 Å². The zero-order chi connectivity index (χ0) is 20.1. The van der Waals surface area contributed by atoms with Crippen LogP contribution in [-0.2, 0) is 27.9 Å². The molecule has 1 aromatic carbocycles. The average Bonchev–Trinajstić information content (AvgIpc) is 2.64. The van der Waals surface area contributed by atoms with Crippen molar-refractivity contribution in [3.8, 4) is 0 Å². The second kappa shape index (κ2) is 9.00. The number of methoxy groups -OCH3 is 1. The number of benzene rings is 1. The molecule has 8 heteroatoms. The Labute approximate surface area is 160 Å². The van der Waals surface area contributed by atoms with E-state index < -0.39 is 31.0 Å². The van der Waals surface area contributed by atoms with Crippen LogP contribution in [0.15, 0.2) is 30.3 Å². The van der Waals surface area contributed by atoms with Crippen LogP contribution in [0.5, 0.6) is 0 Å². The summed E-state index contributed by atoms with van der Waals surface area (Å²) in [5, 5.41) is 2.65. The van der Waals surface area contributed by atoms with Gasteiger partial charge in [0.2, 0.25) is 5.91 Å². The third-order valence-corrected chi connectivity index (χ3v) is 6.62. The SMILES string of the molecule is COC(=O)CCNC(=O)[C@@H]1OP(=O)(CC(C)c2ccccc2)OCC1(C)C. The maximum absolute atomic E-state index is 13.1. The normalized spacial score (nSPS) is 25.4. The number of nitrogens with one attached hydrogen (secondary N) is 1. The molecule has 0 bridgehead atoms. The molecule has 1 saturated heterocycles. The molecule has 0 aromatic heterocycles. The molecule has 150 valence electrons. The summed E-state index contributed by atoms with van der Waals surface area (Å²) in [5.74, 6) is -0.856. The smallest absolute Gasteiger partial charge is 0.332 e. The standard InChI is InChI=1S/C19H28NO6P/c1-14(15-8-6-5-7-9-15)12-27(23)25-13-19(2,3)17(26-27)18(22)20-11-10-16(21)24-4/h5-9,14,17H,10-13H2,1-4H3,(H,20,22)/t14?,17-,27?/m0/s1. The molecule has 0 spiro atoms. The number of ether oxygens (including phenoxy) is 1. The van der Waals surface area contributed by atoms with Gasteiger partial charge in [-0.2, -0.15) is 0 Å². The van der Waals surface area contributed by atoms with Crippen LogP contribution < -0.4 is 5.32 Å². The van der Waals surface area contributed by atoms with Gasteiger partial charge in [0.15, 0.2) is 6.10 Å². The lowest BCUT2D eigenvalue weighted by Crippen LogP contribution is -2.50. The number of esters is 1. The predicted molar refractivity (Wildman–Crippen MR) is 102 cm³/mol. The van der Waals surface area contributed by atoms with E-state index in [9.17, 15) is 14.2 Å². The zero-order valence-electron chi connectivity index (χ0n) is 16.3. The molecule has 27 heavy (non-hydrogen) atoms. The molecule has 1 fully saturated rings. The van der Waals surface area contributed by atoms with Crippen molar-refractivity contribution in [2.45, 2.75) is 39.2 Å². The minimum atomic E-state index is -3.43. The maximum atomic E-state index is 13.1. The van der Waals surface area contributed by atoms with Gasteiger partial charge in [-0.05, 0) is 11.5 Å². The number of amides is 1. The molecule has 1 N–H and O–H groups in total. The summed E-state index contributed by atoms with van der Waals surface area (Å²) in [7, 11) is -2.14. The number of hydrogen-bond donors (Lipinski definition) is 1. The van der Waals surface area contributed by atoms with E-state index in [4.69, 9.17) is 9.05 Å². The first-order chi connectivity index (χ1) is 12.7. The molecule has 2 unspecified atom stereocenters. The maximum Gasteiger partial charge on any atom is 0.332 e. The Morgan fingerprint density at radius 3 is 2.63 bits per heavy atom. The third-order valence-electron chi connectivity index (χ3n) is 4.57. The van der Waals surface area contributed by atoms with Crippen molar-refractivity contribution in [1.82, 2.24) is 5.32 Å². The summed E-state index contributed by atoms with van der Waals surface area (Å²) in [4.78, 5) is 23.7. The molecule has 1 aliphatic heterocycles. The van der Waals surface area contributed by atoms with Crippen molar-refractivity contribution in [3.05, 3.63) is 35.9 Å². The predicted octanol–water partition coefficient (Wildman–Crippen LogP) is 3.10. The highest BCUT2D eigenvalue weighted by Crippen LogP contribution is 2.58. The first kappa shape index (κ1) is 21.6. The number of rotatable bonds is 7. The van der Waals surface area contributed by atoms with Crippen LogP contribution in [0.4, 0.5) is 0 Å². The molecule has 2 rings (SSSR count). The van der Waals surface area contributed by atoms with Crippen LogP contribution >= 0.6 is 7.60 Å². The van der Waals surface area contributed by atoms with Gasteiger partial charge >= 0.3 is 13.6 Å². The second-order valence-electron chi connectivity index (χ2n) is 7.47. The first-order valence-electron chi connectivity index (χ1n) is 8.98. The summed E-state index contributed by atoms with van der Waals surface area (Å²) >= 11 is 0. The second-order valence-corrected chi connectivity index (χ2v) is 9.53. The van der Waals surface area contributed by atoms with Crippen molar-refractivity contribution in [2.24, 2.45) is 5.41 Å². The van der Waals surface area contributed by atoms with E-state index in [0.29, 0.717) is 0 Å². The number of hydrogen-bond acceptors (Lipinski definition) is 6. The van der Waals surface area contributed by atoms with E-state index in [2.05, 4.69) is 10.1 Å². The van der Waals surface area contributed by atoms with Gasteiger partial charge in [-0.3, -0.25) is 18.7 Å². The van der Waals surface area contributed by atoms with E-state index in [0.717, 1.165) is 5.56 Å². The van der Waals surface area contributed by atoms with E-state index in [1.54, 1.807) is 0 Å². The highest BCUT2D eigenvalue weighted by molar-refractivity contribution is 7.54. The zero-order valence-corrected chi connectivity index (χ0v) is 17.2. The van der Waals surface area contributed by atoms with Crippen LogP contribution in [0, 0.1) is 5.41 Å². The van der Waals surface area contributed by atoms with Crippen LogP contribution in [0.25, 0.3) is 0 Å². The fourth-order valence-electron chi connectivity index (χ4n) is 2.88. The van der Waals surface area contributed by atoms with Gasteiger partial charge in [-0.25, -0.2) is 0 Å². The molecule has 0 aliphatic carbocycles. The van der Waals surface area contributed by atoms with Crippen molar-refractivity contribution in [1.29, 1.82) is 0 Å². The highest BCUT2D eigenvalue weighted by atomic mass is 31.2. The summed E-state index contributed by atoms with van der Waals surface area (Å²) in [6.45, 7) is 5.88. The van der Waals surface area contributed by atoms with Crippen LogP contribution in [0.3, 0.4) is 0 Å². The summed E-state index contributed by atoms with van der Waals surface area (Å²) in [6, 6.07) is 9.68. The molecular formula is C19H28NO6P. The molecule has 1 aromatic rings. The molecule has 1 aliphatic rings. The third kappa shape index (κ3) is 5.89. The van der Waals surface area contributed by atoms with Crippen LogP contribution in [0.2, 0.25) is 0 Å². The van der Waals surface area contributed by atoms with Gasteiger partial charge in [0, 0.05) is 12.0 Å². The van der Waals surface area contributed by atoms with E-state index in [1.165, 1.54) is 7.11 Å². The molecule has 7 nitrogen and oxygen atoms in total. The van der Waals surface area contributed by atoms with Crippen molar-refractivity contribution in [2.75, 3.05) is 26.4 Å². The van der Waals surface area contributed by atoms with Gasteiger partial charge < -0.3 is 14.6 Å². The van der Waals surface area contributed by atoms with Crippen molar-refractivity contribution < 1.29 is 27.9 Å². The average molecular weight is 397 g/mol. The summed E-state index contributed by atoms with van der Waals surface area (Å²) < 4.78 is 29.0. The minimum absolute atomic E-state index is 0.0405. The van der Waals surface area contributed by atoms with Gasteiger partial charge in [0.05, 0.1) is 26.3 Å². The largest absolute Gasteiger partial charge is 0.469 e. The number of carbonyl (C=O) groups is 2. The molecular weight excluding hydrogens is 369 g/mol. The minimum Gasteiger partial charge on any atom is -0.469 e. The number of carbonyl (C=O) groups excluding carboxylic acids is 2. The highest BCUT2D eigenvalue weighted by Gasteiger charge is 2.48. The Bertz CT molecular complexity index is 705. The lowest BCUT2D eigenvalue weighted by atomic mass is 9.87. The Kier molecular flexibility index (Phi) is 7.20. The fourth-order valence-corrected chi connectivity index (χ4v) is 5.24. The van der Waals surface area contributed by atoms with E-state index in [-0.39, 0.29) is 31.7 Å². The molecule has 0 radical (unpaired) electrons. The van der Waals surface area contributed by atoms with Crippen LogP contribution in [0.1, 0.15) is 38.7 Å². The molecule has 1 heterocycles. The Morgan fingerprint density at radius 2 is 2.00 bits per heavy atom. The Balaban J connectivity index is 2.03. The first-order valence-corrected chi connectivity index (χ1v) is 10.7. The summed E-state index contributed by atoms with van der Waals surface area (Å²) in [6.07, 6.45) is -0.661.